The molecule has 0 aliphatic rings. The summed E-state index contributed by atoms with van der Waals surface area (Å²) >= 11 is 7.46. The third-order valence-corrected chi connectivity index (χ3v) is 7.46. The quantitative estimate of drug-likeness (QED) is 0.0757. The van der Waals surface area contributed by atoms with Crippen LogP contribution in [-0.2, 0) is 0 Å². The van der Waals surface area contributed by atoms with E-state index in [2.05, 4.69) is 27.8 Å². The average molecular weight is 605 g/mol. The molecule has 0 aliphatic carbocycles. The van der Waals surface area contributed by atoms with Gasteiger partial charge in [0.05, 0.1) is 25.1 Å². The second-order valence-electron chi connectivity index (χ2n) is 9.70. The van der Waals surface area contributed by atoms with Crippen LogP contribution in [0.25, 0.3) is 11.3 Å². The second kappa shape index (κ2) is 16.5. The number of thiazole rings is 1. The van der Waals surface area contributed by atoms with Crippen LogP contribution in [-0.4, -0.2) is 30.3 Å². The fourth-order valence-corrected chi connectivity index (χ4v) is 5.07. The van der Waals surface area contributed by atoms with Crippen molar-refractivity contribution >= 4 is 45.9 Å². The summed E-state index contributed by atoms with van der Waals surface area (Å²) in [5.41, 5.74) is 6.55. The molecule has 0 radical (unpaired) electrons. The lowest BCUT2D eigenvalue weighted by Crippen LogP contribution is -2.17. The van der Waals surface area contributed by atoms with Crippen LogP contribution in [0.3, 0.4) is 0 Å². The Morgan fingerprint density at radius 1 is 0.929 bits per heavy atom. The SMILES string of the molecule is CCCCCCCCOc1ccc(/C=N\NC(=O)c2ccc(-c3csc(Nc4ccc(Cl)cc4)n3)cc2)cc1OCC. The number of aromatic nitrogens is 1. The van der Waals surface area contributed by atoms with Crippen LogP contribution in [0.5, 0.6) is 11.5 Å². The number of hydrogen-bond acceptors (Lipinski definition) is 7. The van der Waals surface area contributed by atoms with E-state index >= 15 is 0 Å². The Labute approximate surface area is 256 Å². The van der Waals surface area contributed by atoms with E-state index in [0.29, 0.717) is 29.5 Å². The second-order valence-corrected chi connectivity index (χ2v) is 11.0. The summed E-state index contributed by atoms with van der Waals surface area (Å²) in [6.45, 7) is 5.36. The smallest absolute Gasteiger partial charge is 0.271 e. The predicted octanol–water partition coefficient (Wildman–Crippen LogP) is 9.11. The first-order valence-corrected chi connectivity index (χ1v) is 15.6. The summed E-state index contributed by atoms with van der Waals surface area (Å²) < 4.78 is 11.8. The number of hydrazone groups is 1. The van der Waals surface area contributed by atoms with Crippen LogP contribution in [0.4, 0.5) is 10.8 Å². The number of nitrogens with zero attached hydrogens (tertiary/aromatic N) is 2. The van der Waals surface area contributed by atoms with Gasteiger partial charge in [-0.3, -0.25) is 4.79 Å². The van der Waals surface area contributed by atoms with Gasteiger partial charge in [-0.15, -0.1) is 11.3 Å². The van der Waals surface area contributed by atoms with Crippen molar-refractivity contribution in [3.8, 4) is 22.8 Å². The first kappa shape index (κ1) is 31.1. The molecule has 1 amide bonds. The zero-order valence-corrected chi connectivity index (χ0v) is 25.6. The molecular formula is C33H37ClN4O3S. The van der Waals surface area contributed by atoms with Crippen molar-refractivity contribution < 1.29 is 14.3 Å². The highest BCUT2D eigenvalue weighted by Gasteiger charge is 2.09. The molecule has 0 atom stereocenters. The number of amides is 1. The van der Waals surface area contributed by atoms with Crippen molar-refractivity contribution in [2.45, 2.75) is 52.4 Å². The van der Waals surface area contributed by atoms with Gasteiger partial charge in [0.15, 0.2) is 16.6 Å². The van der Waals surface area contributed by atoms with Crippen LogP contribution in [0.1, 0.15) is 68.3 Å². The number of benzene rings is 3. The largest absolute Gasteiger partial charge is 0.490 e. The summed E-state index contributed by atoms with van der Waals surface area (Å²) in [4.78, 5) is 17.3. The Balaban J connectivity index is 1.28. The van der Waals surface area contributed by atoms with Crippen LogP contribution in [0.15, 0.2) is 77.2 Å². The molecule has 0 unspecified atom stereocenters. The summed E-state index contributed by atoms with van der Waals surface area (Å²) in [5.74, 6) is 1.09. The van der Waals surface area contributed by atoms with Gasteiger partial charge in [-0.25, -0.2) is 10.4 Å². The predicted molar refractivity (Wildman–Crippen MR) is 174 cm³/mol. The van der Waals surface area contributed by atoms with Crippen LogP contribution < -0.4 is 20.2 Å². The molecule has 42 heavy (non-hydrogen) atoms. The van der Waals surface area contributed by atoms with E-state index in [4.69, 9.17) is 21.1 Å². The lowest BCUT2D eigenvalue weighted by Gasteiger charge is -2.12. The molecule has 0 fully saturated rings. The van der Waals surface area contributed by atoms with E-state index in [1.165, 1.54) is 43.4 Å². The molecule has 0 saturated carbocycles. The Morgan fingerprint density at radius 2 is 1.69 bits per heavy atom. The number of nitrogens with one attached hydrogen (secondary N) is 2. The van der Waals surface area contributed by atoms with E-state index in [-0.39, 0.29) is 5.91 Å². The number of rotatable bonds is 16. The Hall–Kier alpha value is -3.88. The van der Waals surface area contributed by atoms with Gasteiger partial charge in [-0.05, 0) is 73.5 Å². The number of ether oxygens (including phenoxy) is 2. The minimum absolute atomic E-state index is 0.301. The van der Waals surface area contributed by atoms with Gasteiger partial charge in [0.1, 0.15) is 0 Å². The lowest BCUT2D eigenvalue weighted by atomic mass is 10.1. The van der Waals surface area contributed by atoms with Gasteiger partial charge in [-0.2, -0.15) is 5.10 Å². The van der Waals surface area contributed by atoms with Crippen molar-refractivity contribution in [1.29, 1.82) is 0 Å². The van der Waals surface area contributed by atoms with Gasteiger partial charge >= 0.3 is 0 Å². The molecule has 4 rings (SSSR count). The molecule has 1 heterocycles. The lowest BCUT2D eigenvalue weighted by molar-refractivity contribution is 0.0955. The Morgan fingerprint density at radius 3 is 2.45 bits per heavy atom. The molecule has 0 saturated heterocycles. The van der Waals surface area contributed by atoms with E-state index in [9.17, 15) is 4.79 Å². The molecule has 3 aromatic carbocycles. The fourth-order valence-electron chi connectivity index (χ4n) is 4.20. The number of halogens is 1. The average Bonchev–Trinajstić information content (AvgIpc) is 3.47. The van der Waals surface area contributed by atoms with Crippen molar-refractivity contribution in [3.63, 3.8) is 0 Å². The molecule has 9 heteroatoms. The Kier molecular flexibility index (Phi) is 12.2. The summed E-state index contributed by atoms with van der Waals surface area (Å²) in [7, 11) is 0. The summed E-state index contributed by atoms with van der Waals surface area (Å²) in [6, 6.07) is 20.4. The maximum atomic E-state index is 12.7. The van der Waals surface area contributed by atoms with Gasteiger partial charge in [0, 0.05) is 27.2 Å². The number of carbonyl (C=O) groups excluding carboxylic acids is 1. The van der Waals surface area contributed by atoms with E-state index < -0.39 is 0 Å². The highest BCUT2D eigenvalue weighted by atomic mass is 35.5. The zero-order valence-electron chi connectivity index (χ0n) is 24.1. The monoisotopic (exact) mass is 604 g/mol. The van der Waals surface area contributed by atoms with E-state index in [0.717, 1.165) is 39.8 Å². The maximum Gasteiger partial charge on any atom is 0.271 e. The van der Waals surface area contributed by atoms with Crippen molar-refractivity contribution in [2.75, 3.05) is 18.5 Å². The van der Waals surface area contributed by atoms with E-state index in [1.54, 1.807) is 18.3 Å². The van der Waals surface area contributed by atoms with Gasteiger partial charge < -0.3 is 14.8 Å². The fraction of sp³-hybridized carbons (Fsp3) is 0.303. The molecule has 220 valence electrons. The van der Waals surface area contributed by atoms with Gasteiger partial charge in [0.2, 0.25) is 0 Å². The highest BCUT2D eigenvalue weighted by molar-refractivity contribution is 7.14. The maximum absolute atomic E-state index is 12.7. The topological polar surface area (TPSA) is 84.8 Å². The molecule has 4 aromatic rings. The Bertz CT molecular complexity index is 1440. The highest BCUT2D eigenvalue weighted by Crippen LogP contribution is 2.29. The van der Waals surface area contributed by atoms with Crippen molar-refractivity contribution in [3.05, 3.63) is 88.3 Å². The molecule has 0 bridgehead atoms. The normalized spacial score (nSPS) is 11.0. The molecular weight excluding hydrogens is 568 g/mol. The van der Waals surface area contributed by atoms with Crippen molar-refractivity contribution in [2.24, 2.45) is 5.10 Å². The molecule has 2 N–H and O–H groups in total. The molecule has 1 aromatic heterocycles. The van der Waals surface area contributed by atoms with Crippen LogP contribution in [0, 0.1) is 0 Å². The standard InChI is InChI=1S/C33H37ClN4O3S/c1-3-5-6-7-8-9-20-41-30-19-10-24(21-31(30)40-4-2)22-35-38-32(39)26-13-11-25(12-14-26)29-23-42-33(37-29)36-28-17-15-27(34)16-18-28/h10-19,21-23H,3-9,20H2,1-2H3,(H,36,37)(H,38,39)/b35-22-. The number of anilines is 2. The van der Waals surface area contributed by atoms with Gasteiger partial charge in [-0.1, -0.05) is 62.8 Å². The van der Waals surface area contributed by atoms with Crippen molar-refractivity contribution in [1.82, 2.24) is 10.4 Å². The van der Waals surface area contributed by atoms with E-state index in [1.807, 2.05) is 66.9 Å². The molecule has 7 nitrogen and oxygen atoms in total. The first-order valence-electron chi connectivity index (χ1n) is 14.4. The minimum Gasteiger partial charge on any atom is -0.490 e. The van der Waals surface area contributed by atoms with Crippen LogP contribution >= 0.6 is 22.9 Å². The first-order chi connectivity index (χ1) is 20.6. The molecule has 0 spiro atoms. The minimum atomic E-state index is -0.301. The number of unbranched alkanes of at least 4 members (excludes halogenated alkanes) is 5. The van der Waals surface area contributed by atoms with Crippen LogP contribution in [0.2, 0.25) is 5.02 Å². The summed E-state index contributed by atoms with van der Waals surface area (Å²) in [5, 5.41) is 10.8. The molecule has 0 aliphatic heterocycles. The zero-order chi connectivity index (χ0) is 29.6. The third-order valence-electron chi connectivity index (χ3n) is 6.45. The third kappa shape index (κ3) is 9.60. The summed E-state index contributed by atoms with van der Waals surface area (Å²) in [6.07, 6.45) is 8.87. The van der Waals surface area contributed by atoms with Gasteiger partial charge in [0.25, 0.3) is 5.91 Å². The number of carbonyl (C=O) groups is 1. The number of hydrogen-bond donors (Lipinski definition) is 2.